The zero-order chi connectivity index (χ0) is 16.6. The molecule has 1 aliphatic rings. The van der Waals surface area contributed by atoms with Crippen LogP contribution in [0, 0.1) is 0 Å². The van der Waals surface area contributed by atoms with Crippen LogP contribution in [0.2, 0.25) is 0 Å². The Kier molecular flexibility index (Phi) is 3.88. The van der Waals surface area contributed by atoms with Gasteiger partial charge in [0.15, 0.2) is 11.5 Å². The topological polar surface area (TPSA) is 51.7 Å². The van der Waals surface area contributed by atoms with Crippen LogP contribution in [0.4, 0.5) is 13.2 Å². The lowest BCUT2D eigenvalue weighted by Crippen LogP contribution is -2.35. The highest BCUT2D eigenvalue weighted by Crippen LogP contribution is 2.36. The molecule has 0 aliphatic carbocycles. The molecule has 0 saturated heterocycles. The van der Waals surface area contributed by atoms with Gasteiger partial charge in [0.2, 0.25) is 6.79 Å². The molecule has 1 aromatic carbocycles. The zero-order valence-corrected chi connectivity index (χ0v) is 12.7. The van der Waals surface area contributed by atoms with E-state index in [0.29, 0.717) is 27.0 Å². The molecule has 0 unspecified atom stereocenters. The van der Waals surface area contributed by atoms with Gasteiger partial charge in [0.05, 0.1) is 0 Å². The first-order valence-electron chi connectivity index (χ1n) is 6.51. The normalized spacial score (nSPS) is 13.2. The zero-order valence-electron chi connectivity index (χ0n) is 11.9. The molecule has 1 aromatic heterocycles. The lowest BCUT2D eigenvalue weighted by atomic mass is 10.2. The van der Waals surface area contributed by atoms with Crippen LogP contribution in [0.5, 0.6) is 11.5 Å². The van der Waals surface area contributed by atoms with Crippen molar-refractivity contribution in [2.45, 2.75) is 6.18 Å². The van der Waals surface area contributed by atoms with Crippen molar-refractivity contribution in [3.8, 4) is 22.1 Å². The molecule has 122 valence electrons. The van der Waals surface area contributed by atoms with Crippen LogP contribution in [-0.2, 0) is 0 Å². The molecular weight excluding hydrogens is 333 g/mol. The summed E-state index contributed by atoms with van der Waals surface area (Å²) in [5, 5.41) is 1.96. The van der Waals surface area contributed by atoms with E-state index in [-0.39, 0.29) is 12.5 Å². The van der Waals surface area contributed by atoms with E-state index in [2.05, 4.69) is 4.98 Å². The second-order valence-corrected chi connectivity index (χ2v) is 5.74. The Hall–Kier alpha value is -2.29. The van der Waals surface area contributed by atoms with Crippen molar-refractivity contribution < 1.29 is 27.4 Å². The predicted molar refractivity (Wildman–Crippen MR) is 76.7 cm³/mol. The third kappa shape index (κ3) is 3.39. The number of hydrogen-bond acceptors (Lipinski definition) is 5. The first-order chi connectivity index (χ1) is 10.8. The number of benzene rings is 1. The maximum atomic E-state index is 12.3. The summed E-state index contributed by atoms with van der Waals surface area (Å²) < 4.78 is 47.5. The second kappa shape index (κ2) is 5.73. The fraction of sp³-hybridized carbons (Fsp3) is 0.286. The van der Waals surface area contributed by atoms with Crippen LogP contribution in [-0.4, -0.2) is 42.4 Å². The van der Waals surface area contributed by atoms with Crippen LogP contribution in [0.15, 0.2) is 23.6 Å². The van der Waals surface area contributed by atoms with Gasteiger partial charge in [-0.25, -0.2) is 4.98 Å². The molecule has 0 fully saturated rings. The van der Waals surface area contributed by atoms with E-state index < -0.39 is 18.6 Å². The monoisotopic (exact) mass is 344 g/mol. The third-order valence-corrected chi connectivity index (χ3v) is 4.00. The minimum atomic E-state index is -4.44. The lowest BCUT2D eigenvalue weighted by Gasteiger charge is -2.17. The maximum Gasteiger partial charge on any atom is 0.406 e. The minimum Gasteiger partial charge on any atom is -0.454 e. The number of aromatic nitrogens is 1. The quantitative estimate of drug-likeness (QED) is 0.858. The van der Waals surface area contributed by atoms with E-state index in [1.54, 1.807) is 18.2 Å². The summed E-state index contributed by atoms with van der Waals surface area (Å²) in [4.78, 5) is 16.7. The van der Waals surface area contributed by atoms with Gasteiger partial charge in [-0.3, -0.25) is 4.79 Å². The van der Waals surface area contributed by atoms with Crippen molar-refractivity contribution in [3.63, 3.8) is 0 Å². The molecule has 9 heteroatoms. The Balaban J connectivity index is 1.79. The molecule has 0 atom stereocenters. The first kappa shape index (κ1) is 15.6. The minimum absolute atomic E-state index is 0.0191. The van der Waals surface area contributed by atoms with Gasteiger partial charge in [0.25, 0.3) is 5.91 Å². The largest absolute Gasteiger partial charge is 0.454 e. The van der Waals surface area contributed by atoms with Gasteiger partial charge < -0.3 is 14.4 Å². The number of carbonyl (C=O) groups is 1. The molecule has 0 saturated carbocycles. The van der Waals surface area contributed by atoms with Crippen LogP contribution in [0.1, 0.15) is 10.5 Å². The highest BCUT2D eigenvalue weighted by molar-refractivity contribution is 7.13. The number of amides is 1. The summed E-state index contributed by atoms with van der Waals surface area (Å²) >= 11 is 1.18. The van der Waals surface area contributed by atoms with Gasteiger partial charge >= 0.3 is 6.18 Å². The summed E-state index contributed by atoms with van der Waals surface area (Å²) in [7, 11) is 1.09. The second-order valence-electron chi connectivity index (χ2n) is 4.88. The summed E-state index contributed by atoms with van der Waals surface area (Å²) in [6, 6.07) is 5.19. The number of fused-ring (bicyclic) bond motifs is 1. The standard InChI is InChI=1S/C14H11F3N2O3S/c1-19(6-14(15,16)17)13(20)9-5-23-12(18-9)8-2-3-10-11(4-8)22-7-21-10/h2-5H,6-7H2,1H3. The number of thiazole rings is 1. The Morgan fingerprint density at radius 2 is 2.09 bits per heavy atom. The van der Waals surface area contributed by atoms with Crippen LogP contribution in [0.25, 0.3) is 10.6 Å². The van der Waals surface area contributed by atoms with Gasteiger partial charge in [0, 0.05) is 18.0 Å². The molecule has 0 bridgehead atoms. The molecular formula is C14H11F3N2O3S. The van der Waals surface area contributed by atoms with Gasteiger partial charge in [-0.05, 0) is 18.2 Å². The van der Waals surface area contributed by atoms with E-state index in [4.69, 9.17) is 9.47 Å². The predicted octanol–water partition coefficient (Wildman–Crippen LogP) is 3.17. The fourth-order valence-electron chi connectivity index (χ4n) is 2.07. The van der Waals surface area contributed by atoms with Crippen molar-refractivity contribution >= 4 is 17.2 Å². The summed E-state index contributed by atoms with van der Waals surface area (Å²) in [5.41, 5.74) is 0.686. The number of rotatable bonds is 3. The first-order valence-corrected chi connectivity index (χ1v) is 7.39. The molecule has 2 heterocycles. The Labute approximate surface area is 133 Å². The molecule has 5 nitrogen and oxygen atoms in total. The smallest absolute Gasteiger partial charge is 0.406 e. The maximum absolute atomic E-state index is 12.3. The fourth-order valence-corrected chi connectivity index (χ4v) is 2.86. The van der Waals surface area contributed by atoms with E-state index in [0.717, 1.165) is 7.05 Å². The Morgan fingerprint density at radius 1 is 1.35 bits per heavy atom. The van der Waals surface area contributed by atoms with E-state index in [1.807, 2.05) is 0 Å². The van der Waals surface area contributed by atoms with Crippen molar-refractivity contribution in [2.75, 3.05) is 20.4 Å². The summed E-state index contributed by atoms with van der Waals surface area (Å²) in [6.45, 7) is -1.18. The summed E-state index contributed by atoms with van der Waals surface area (Å²) in [6.07, 6.45) is -4.44. The third-order valence-electron chi connectivity index (χ3n) is 3.11. The van der Waals surface area contributed by atoms with E-state index in [9.17, 15) is 18.0 Å². The van der Waals surface area contributed by atoms with Gasteiger partial charge in [-0.1, -0.05) is 0 Å². The van der Waals surface area contributed by atoms with Crippen LogP contribution < -0.4 is 9.47 Å². The number of carbonyl (C=O) groups excluding carboxylic acids is 1. The molecule has 0 radical (unpaired) electrons. The van der Waals surface area contributed by atoms with Gasteiger partial charge in [-0.15, -0.1) is 11.3 Å². The molecule has 23 heavy (non-hydrogen) atoms. The van der Waals surface area contributed by atoms with Crippen molar-refractivity contribution in [1.29, 1.82) is 0 Å². The average Bonchev–Trinajstić information content (AvgIpc) is 3.12. The molecule has 1 amide bonds. The highest BCUT2D eigenvalue weighted by Gasteiger charge is 2.32. The number of nitrogens with zero attached hydrogens (tertiary/aromatic N) is 2. The van der Waals surface area contributed by atoms with Crippen LogP contribution in [0.3, 0.4) is 0 Å². The summed E-state index contributed by atoms with van der Waals surface area (Å²) in [5.74, 6) is 0.414. The molecule has 2 aromatic rings. The molecule has 0 spiro atoms. The number of halogens is 3. The Bertz CT molecular complexity index is 745. The lowest BCUT2D eigenvalue weighted by molar-refractivity contribution is -0.138. The van der Waals surface area contributed by atoms with Gasteiger partial charge in [0.1, 0.15) is 17.2 Å². The molecule has 1 aliphatic heterocycles. The SMILES string of the molecule is CN(CC(F)(F)F)C(=O)c1csc(-c2ccc3c(c2)OCO3)n1. The Morgan fingerprint density at radius 3 is 2.83 bits per heavy atom. The number of ether oxygens (including phenoxy) is 2. The van der Waals surface area contributed by atoms with E-state index >= 15 is 0 Å². The van der Waals surface area contributed by atoms with E-state index in [1.165, 1.54) is 16.7 Å². The van der Waals surface area contributed by atoms with Crippen molar-refractivity contribution in [2.24, 2.45) is 0 Å². The highest BCUT2D eigenvalue weighted by atomic mass is 32.1. The molecule has 0 N–H and O–H groups in total. The van der Waals surface area contributed by atoms with Crippen molar-refractivity contribution in [1.82, 2.24) is 9.88 Å². The van der Waals surface area contributed by atoms with Crippen molar-refractivity contribution in [3.05, 3.63) is 29.3 Å². The van der Waals surface area contributed by atoms with Crippen LogP contribution >= 0.6 is 11.3 Å². The van der Waals surface area contributed by atoms with Gasteiger partial charge in [-0.2, -0.15) is 13.2 Å². The molecule has 3 rings (SSSR count). The number of alkyl halides is 3. The average molecular weight is 344 g/mol. The number of hydrogen-bond donors (Lipinski definition) is 0.